The molecule has 0 aromatic heterocycles. The van der Waals surface area contributed by atoms with E-state index in [1.54, 1.807) is 12.1 Å². The minimum atomic E-state index is -0.907. The molecule has 0 bridgehead atoms. The molecule has 0 amide bonds. The number of benzene rings is 1. The SMILES string of the molecule is O=C(O)c1ccc2c(c1)OC[C@H]1CCCN21. The zero-order valence-corrected chi connectivity index (χ0v) is 8.85. The van der Waals surface area contributed by atoms with E-state index in [0.29, 0.717) is 18.4 Å². The Labute approximate surface area is 93.4 Å². The van der Waals surface area contributed by atoms with Gasteiger partial charge in [-0.25, -0.2) is 4.79 Å². The first kappa shape index (κ1) is 9.51. The van der Waals surface area contributed by atoms with Crippen molar-refractivity contribution in [1.29, 1.82) is 0 Å². The highest BCUT2D eigenvalue weighted by Gasteiger charge is 2.31. The van der Waals surface area contributed by atoms with E-state index in [9.17, 15) is 4.79 Å². The van der Waals surface area contributed by atoms with E-state index >= 15 is 0 Å². The molecule has 0 unspecified atom stereocenters. The van der Waals surface area contributed by atoms with Gasteiger partial charge >= 0.3 is 5.97 Å². The molecule has 0 aliphatic carbocycles. The number of aromatic carboxylic acids is 1. The molecule has 1 atom stereocenters. The van der Waals surface area contributed by atoms with Crippen molar-refractivity contribution in [2.24, 2.45) is 0 Å². The van der Waals surface area contributed by atoms with Crippen molar-refractivity contribution in [2.45, 2.75) is 18.9 Å². The van der Waals surface area contributed by atoms with Gasteiger partial charge in [0, 0.05) is 6.54 Å². The van der Waals surface area contributed by atoms with Gasteiger partial charge in [0.2, 0.25) is 0 Å². The van der Waals surface area contributed by atoms with Gasteiger partial charge in [-0.15, -0.1) is 0 Å². The molecule has 1 aromatic carbocycles. The predicted molar refractivity (Wildman–Crippen MR) is 59.3 cm³/mol. The maximum Gasteiger partial charge on any atom is 0.335 e. The highest BCUT2D eigenvalue weighted by Crippen LogP contribution is 2.38. The number of rotatable bonds is 1. The van der Waals surface area contributed by atoms with Crippen LogP contribution in [-0.4, -0.2) is 30.3 Å². The number of anilines is 1. The highest BCUT2D eigenvalue weighted by atomic mass is 16.5. The van der Waals surface area contributed by atoms with Crippen molar-refractivity contribution in [3.05, 3.63) is 23.8 Å². The molecule has 0 spiro atoms. The Bertz CT molecular complexity index is 444. The van der Waals surface area contributed by atoms with Gasteiger partial charge in [-0.05, 0) is 31.0 Å². The monoisotopic (exact) mass is 219 g/mol. The van der Waals surface area contributed by atoms with Crippen LogP contribution < -0.4 is 9.64 Å². The molecule has 16 heavy (non-hydrogen) atoms. The zero-order chi connectivity index (χ0) is 11.1. The van der Waals surface area contributed by atoms with Crippen LogP contribution in [0.5, 0.6) is 5.75 Å². The van der Waals surface area contributed by atoms with Gasteiger partial charge in [-0.2, -0.15) is 0 Å². The first-order valence-electron chi connectivity index (χ1n) is 5.52. The average molecular weight is 219 g/mol. The van der Waals surface area contributed by atoms with Gasteiger partial charge in [0.1, 0.15) is 12.4 Å². The van der Waals surface area contributed by atoms with Gasteiger partial charge < -0.3 is 14.7 Å². The first-order chi connectivity index (χ1) is 7.75. The van der Waals surface area contributed by atoms with Gasteiger partial charge in [0.25, 0.3) is 0 Å². The number of fused-ring (bicyclic) bond motifs is 3. The zero-order valence-electron chi connectivity index (χ0n) is 8.85. The topological polar surface area (TPSA) is 49.8 Å². The largest absolute Gasteiger partial charge is 0.489 e. The van der Waals surface area contributed by atoms with Gasteiger partial charge in [0.05, 0.1) is 17.3 Å². The minimum Gasteiger partial charge on any atom is -0.489 e. The lowest BCUT2D eigenvalue weighted by molar-refractivity contribution is 0.0696. The molecule has 0 saturated carbocycles. The molecular weight excluding hydrogens is 206 g/mol. The Morgan fingerprint density at radius 3 is 3.19 bits per heavy atom. The fourth-order valence-corrected chi connectivity index (χ4v) is 2.51. The van der Waals surface area contributed by atoms with Crippen LogP contribution >= 0.6 is 0 Å². The third-order valence-electron chi connectivity index (χ3n) is 3.32. The lowest BCUT2D eigenvalue weighted by atomic mass is 10.1. The lowest BCUT2D eigenvalue weighted by Crippen LogP contribution is -2.38. The molecule has 2 aliphatic rings. The summed E-state index contributed by atoms with van der Waals surface area (Å²) in [7, 11) is 0. The van der Waals surface area contributed by atoms with Crippen LogP contribution in [0.25, 0.3) is 0 Å². The quantitative estimate of drug-likeness (QED) is 0.781. The van der Waals surface area contributed by atoms with E-state index < -0.39 is 5.97 Å². The van der Waals surface area contributed by atoms with Crippen molar-refractivity contribution < 1.29 is 14.6 Å². The molecule has 1 saturated heterocycles. The number of hydrogen-bond donors (Lipinski definition) is 1. The summed E-state index contributed by atoms with van der Waals surface area (Å²) in [6.07, 6.45) is 2.36. The first-order valence-corrected chi connectivity index (χ1v) is 5.52. The summed E-state index contributed by atoms with van der Waals surface area (Å²) in [6, 6.07) is 5.59. The Morgan fingerprint density at radius 2 is 2.38 bits per heavy atom. The van der Waals surface area contributed by atoms with E-state index in [1.165, 1.54) is 12.8 Å². The molecule has 0 radical (unpaired) electrons. The van der Waals surface area contributed by atoms with Crippen molar-refractivity contribution in [2.75, 3.05) is 18.1 Å². The number of ether oxygens (including phenoxy) is 1. The lowest BCUT2D eigenvalue weighted by Gasteiger charge is -2.33. The number of carboxylic acid groups (broad SMARTS) is 1. The summed E-state index contributed by atoms with van der Waals surface area (Å²) >= 11 is 0. The fourth-order valence-electron chi connectivity index (χ4n) is 2.51. The summed E-state index contributed by atoms with van der Waals surface area (Å²) in [5, 5.41) is 8.90. The van der Waals surface area contributed by atoms with E-state index in [1.807, 2.05) is 6.07 Å². The summed E-state index contributed by atoms with van der Waals surface area (Å²) < 4.78 is 5.62. The predicted octanol–water partition coefficient (Wildman–Crippen LogP) is 1.75. The minimum absolute atomic E-state index is 0.288. The van der Waals surface area contributed by atoms with E-state index in [4.69, 9.17) is 9.84 Å². The summed E-state index contributed by atoms with van der Waals surface area (Å²) in [4.78, 5) is 13.2. The molecule has 4 heteroatoms. The van der Waals surface area contributed by atoms with Crippen LogP contribution in [0.4, 0.5) is 5.69 Å². The van der Waals surface area contributed by atoms with Crippen LogP contribution in [0, 0.1) is 0 Å². The fraction of sp³-hybridized carbons (Fsp3) is 0.417. The number of hydrogen-bond acceptors (Lipinski definition) is 3. The van der Waals surface area contributed by atoms with Crippen LogP contribution in [0.15, 0.2) is 18.2 Å². The molecule has 1 aromatic rings. The van der Waals surface area contributed by atoms with Crippen molar-refractivity contribution >= 4 is 11.7 Å². The highest BCUT2D eigenvalue weighted by molar-refractivity contribution is 5.89. The van der Waals surface area contributed by atoms with Crippen molar-refractivity contribution in [3.63, 3.8) is 0 Å². The van der Waals surface area contributed by atoms with Crippen LogP contribution in [-0.2, 0) is 0 Å². The van der Waals surface area contributed by atoms with E-state index in [2.05, 4.69) is 4.90 Å². The number of carbonyl (C=O) groups is 1. The standard InChI is InChI=1S/C12H13NO3/c14-12(15)8-3-4-10-11(6-8)16-7-9-2-1-5-13(9)10/h3-4,6,9H,1-2,5,7H2,(H,14,15)/t9-/m1/s1. The molecule has 3 rings (SSSR count). The maximum atomic E-state index is 10.8. The molecule has 1 N–H and O–H groups in total. The van der Waals surface area contributed by atoms with E-state index in [0.717, 1.165) is 12.2 Å². The summed E-state index contributed by atoms with van der Waals surface area (Å²) in [5.41, 5.74) is 1.33. The molecule has 4 nitrogen and oxygen atoms in total. The van der Waals surface area contributed by atoms with Gasteiger partial charge in [0.15, 0.2) is 0 Å². The van der Waals surface area contributed by atoms with Crippen LogP contribution in [0.2, 0.25) is 0 Å². The molecule has 2 heterocycles. The normalized spacial score (nSPS) is 22.2. The Balaban J connectivity index is 2.02. The average Bonchev–Trinajstić information content (AvgIpc) is 2.76. The van der Waals surface area contributed by atoms with Crippen molar-refractivity contribution in [1.82, 2.24) is 0 Å². The van der Waals surface area contributed by atoms with Gasteiger partial charge in [-0.3, -0.25) is 0 Å². The summed E-state index contributed by atoms with van der Waals surface area (Å²) in [5.74, 6) is -0.201. The van der Waals surface area contributed by atoms with Crippen molar-refractivity contribution in [3.8, 4) is 5.75 Å². The molecular formula is C12H13NO3. The number of carboxylic acids is 1. The second-order valence-electron chi connectivity index (χ2n) is 4.29. The maximum absolute atomic E-state index is 10.8. The Hall–Kier alpha value is -1.71. The van der Waals surface area contributed by atoms with E-state index in [-0.39, 0.29) is 5.56 Å². The molecule has 1 fully saturated rings. The second kappa shape index (κ2) is 3.40. The van der Waals surface area contributed by atoms with Gasteiger partial charge in [-0.1, -0.05) is 0 Å². The Kier molecular flexibility index (Phi) is 2.02. The Morgan fingerprint density at radius 1 is 1.50 bits per heavy atom. The molecule has 2 aliphatic heterocycles. The third-order valence-corrected chi connectivity index (χ3v) is 3.32. The summed E-state index contributed by atoms with van der Waals surface area (Å²) in [6.45, 7) is 1.73. The molecule has 84 valence electrons. The smallest absolute Gasteiger partial charge is 0.335 e. The van der Waals surface area contributed by atoms with Crippen LogP contribution in [0.1, 0.15) is 23.2 Å². The second-order valence-corrected chi connectivity index (χ2v) is 4.29. The third kappa shape index (κ3) is 1.33. The number of nitrogens with zero attached hydrogens (tertiary/aromatic N) is 1. The van der Waals surface area contributed by atoms with Crippen LogP contribution in [0.3, 0.4) is 0 Å².